The topological polar surface area (TPSA) is 28.2 Å². The summed E-state index contributed by atoms with van der Waals surface area (Å²) in [4.78, 5) is 5.76. The molecule has 0 amide bonds. The van der Waals surface area contributed by atoms with Crippen molar-refractivity contribution in [2.45, 2.75) is 32.7 Å². The van der Waals surface area contributed by atoms with Gasteiger partial charge in [-0.05, 0) is 25.3 Å². The van der Waals surface area contributed by atoms with Crippen LogP contribution in [0.1, 0.15) is 26.7 Å². The zero-order chi connectivity index (χ0) is 13.8. The summed E-state index contributed by atoms with van der Waals surface area (Å²) in [5.41, 5.74) is 0. The minimum absolute atomic E-state index is 0.275. The highest BCUT2D eigenvalue weighted by molar-refractivity contribution is 5.40. The molecule has 0 unspecified atom stereocenters. The van der Waals surface area contributed by atoms with Crippen LogP contribution in [0.15, 0.2) is 12.3 Å². The van der Waals surface area contributed by atoms with Crippen molar-refractivity contribution in [3.05, 3.63) is 23.9 Å². The molecule has 1 aromatic rings. The summed E-state index contributed by atoms with van der Waals surface area (Å²) < 4.78 is 26.5. The first kappa shape index (κ1) is 14.2. The first-order valence-corrected chi connectivity index (χ1v) is 6.85. The maximum absolute atomic E-state index is 13.6. The third kappa shape index (κ3) is 3.86. The number of piperidine rings is 1. The summed E-state index contributed by atoms with van der Waals surface area (Å²) in [6.07, 6.45) is 3.10. The Morgan fingerprint density at radius 3 is 2.63 bits per heavy atom. The van der Waals surface area contributed by atoms with Gasteiger partial charge in [0, 0.05) is 25.2 Å². The maximum atomic E-state index is 13.6. The van der Waals surface area contributed by atoms with Gasteiger partial charge in [0.2, 0.25) is 0 Å². The van der Waals surface area contributed by atoms with Crippen LogP contribution in [0.25, 0.3) is 0 Å². The highest BCUT2D eigenvalue weighted by Gasteiger charge is 2.22. The van der Waals surface area contributed by atoms with Crippen molar-refractivity contribution < 1.29 is 8.78 Å². The first-order chi connectivity index (χ1) is 9.06. The number of rotatable bonds is 4. The number of nitrogens with one attached hydrogen (secondary N) is 1. The molecule has 1 N–H and O–H groups in total. The number of hydrogen-bond donors (Lipinski definition) is 1. The van der Waals surface area contributed by atoms with Gasteiger partial charge >= 0.3 is 0 Å². The van der Waals surface area contributed by atoms with Crippen molar-refractivity contribution in [3.63, 3.8) is 0 Å². The van der Waals surface area contributed by atoms with Crippen molar-refractivity contribution in [2.75, 3.05) is 24.5 Å². The van der Waals surface area contributed by atoms with E-state index in [2.05, 4.69) is 24.1 Å². The van der Waals surface area contributed by atoms with E-state index in [9.17, 15) is 8.78 Å². The third-order valence-electron chi connectivity index (χ3n) is 3.52. The number of halogens is 2. The fourth-order valence-electron chi connectivity index (χ4n) is 2.39. The zero-order valence-corrected chi connectivity index (χ0v) is 11.5. The molecule has 3 nitrogen and oxygen atoms in total. The third-order valence-corrected chi connectivity index (χ3v) is 3.52. The Bertz CT molecular complexity index is 415. The Morgan fingerprint density at radius 2 is 2.05 bits per heavy atom. The van der Waals surface area contributed by atoms with E-state index in [1.54, 1.807) is 0 Å². The molecule has 1 aromatic heterocycles. The molecule has 0 bridgehead atoms. The second-order valence-corrected chi connectivity index (χ2v) is 5.45. The molecule has 2 rings (SSSR count). The van der Waals surface area contributed by atoms with Gasteiger partial charge in [-0.2, -0.15) is 0 Å². The van der Waals surface area contributed by atoms with Crippen LogP contribution in [-0.4, -0.2) is 30.7 Å². The monoisotopic (exact) mass is 269 g/mol. The van der Waals surface area contributed by atoms with E-state index in [-0.39, 0.29) is 5.82 Å². The van der Waals surface area contributed by atoms with Crippen molar-refractivity contribution in [1.29, 1.82) is 0 Å². The molecule has 19 heavy (non-hydrogen) atoms. The van der Waals surface area contributed by atoms with Crippen LogP contribution in [0, 0.1) is 17.6 Å². The molecule has 0 saturated carbocycles. The van der Waals surface area contributed by atoms with Gasteiger partial charge in [-0.3, -0.25) is 0 Å². The number of nitrogens with zero attached hydrogens (tertiary/aromatic N) is 2. The minimum Gasteiger partial charge on any atom is -0.354 e. The number of aromatic nitrogens is 1. The average molecular weight is 269 g/mol. The lowest BCUT2D eigenvalue weighted by atomic mass is 9.96. The Balaban J connectivity index is 1.89. The minimum atomic E-state index is -0.628. The predicted octanol–water partition coefficient (Wildman–Crippen LogP) is 2.57. The fourth-order valence-corrected chi connectivity index (χ4v) is 2.39. The van der Waals surface area contributed by atoms with Crippen LogP contribution in [0.4, 0.5) is 14.6 Å². The average Bonchev–Trinajstić information content (AvgIpc) is 2.37. The van der Waals surface area contributed by atoms with Crippen molar-refractivity contribution in [3.8, 4) is 0 Å². The van der Waals surface area contributed by atoms with Crippen molar-refractivity contribution in [2.24, 2.45) is 5.92 Å². The van der Waals surface area contributed by atoms with Crippen molar-refractivity contribution in [1.82, 2.24) is 10.3 Å². The molecule has 0 aromatic carbocycles. The van der Waals surface area contributed by atoms with E-state index in [4.69, 9.17) is 0 Å². The molecular weight excluding hydrogens is 248 g/mol. The van der Waals surface area contributed by atoms with Crippen LogP contribution >= 0.6 is 0 Å². The maximum Gasteiger partial charge on any atom is 0.168 e. The van der Waals surface area contributed by atoms with Crippen LogP contribution < -0.4 is 10.2 Å². The molecule has 1 fully saturated rings. The standard InChI is InChI=1S/C14H21F2N3/c1-10(2)17-8-11-3-5-19(6-4-11)14-13(16)7-12(15)9-18-14/h7,9-11,17H,3-6,8H2,1-2H3. The van der Waals surface area contributed by atoms with Gasteiger partial charge in [0.05, 0.1) is 6.20 Å². The van der Waals surface area contributed by atoms with E-state index in [1.807, 2.05) is 4.90 Å². The summed E-state index contributed by atoms with van der Waals surface area (Å²) in [6.45, 7) is 6.82. The van der Waals surface area contributed by atoms with Gasteiger partial charge in [0.1, 0.15) is 5.82 Å². The quantitative estimate of drug-likeness (QED) is 0.910. The summed E-state index contributed by atoms with van der Waals surface area (Å²) in [6, 6.07) is 1.39. The first-order valence-electron chi connectivity index (χ1n) is 6.85. The molecule has 1 aliphatic heterocycles. The molecule has 1 saturated heterocycles. The normalized spacial score (nSPS) is 17.2. The summed E-state index contributed by atoms with van der Waals surface area (Å²) in [5.74, 6) is -0.296. The molecule has 0 radical (unpaired) electrons. The van der Waals surface area contributed by atoms with Crippen LogP contribution in [-0.2, 0) is 0 Å². The molecule has 1 aliphatic rings. The van der Waals surface area contributed by atoms with E-state index in [0.717, 1.165) is 44.7 Å². The summed E-state index contributed by atoms with van der Waals surface area (Å²) in [7, 11) is 0. The number of pyridine rings is 1. The van der Waals surface area contributed by atoms with Gasteiger partial charge in [-0.25, -0.2) is 13.8 Å². The molecule has 106 valence electrons. The lowest BCUT2D eigenvalue weighted by Crippen LogP contribution is -2.39. The molecule has 2 heterocycles. The molecule has 0 spiro atoms. The fraction of sp³-hybridized carbons (Fsp3) is 0.643. The lowest BCUT2D eigenvalue weighted by molar-refractivity contribution is 0.367. The molecule has 0 aliphatic carbocycles. The Morgan fingerprint density at radius 1 is 1.37 bits per heavy atom. The largest absolute Gasteiger partial charge is 0.354 e. The highest BCUT2D eigenvalue weighted by atomic mass is 19.1. The second kappa shape index (κ2) is 6.28. The second-order valence-electron chi connectivity index (χ2n) is 5.45. The lowest BCUT2D eigenvalue weighted by Gasteiger charge is -2.33. The van der Waals surface area contributed by atoms with Gasteiger partial charge in [0.25, 0.3) is 0 Å². The molecule has 5 heteroatoms. The van der Waals surface area contributed by atoms with Crippen LogP contribution in [0.2, 0.25) is 0 Å². The summed E-state index contributed by atoms with van der Waals surface area (Å²) >= 11 is 0. The predicted molar refractivity (Wildman–Crippen MR) is 72.2 cm³/mol. The molecule has 0 atom stereocenters. The zero-order valence-electron chi connectivity index (χ0n) is 11.5. The smallest absolute Gasteiger partial charge is 0.168 e. The molecular formula is C14H21F2N3. The number of anilines is 1. The highest BCUT2D eigenvalue weighted by Crippen LogP contribution is 2.23. The SMILES string of the molecule is CC(C)NCC1CCN(c2ncc(F)cc2F)CC1. The van der Waals surface area contributed by atoms with Crippen LogP contribution in [0.5, 0.6) is 0 Å². The number of hydrogen-bond acceptors (Lipinski definition) is 3. The van der Waals surface area contributed by atoms with E-state index < -0.39 is 11.6 Å². The van der Waals surface area contributed by atoms with Crippen LogP contribution in [0.3, 0.4) is 0 Å². The van der Waals surface area contributed by atoms with Gasteiger partial charge in [0.15, 0.2) is 11.6 Å². The van der Waals surface area contributed by atoms with Crippen molar-refractivity contribution >= 4 is 5.82 Å². The van der Waals surface area contributed by atoms with Gasteiger partial charge in [-0.15, -0.1) is 0 Å². The Kier molecular flexibility index (Phi) is 4.69. The van der Waals surface area contributed by atoms with Gasteiger partial charge < -0.3 is 10.2 Å². The van der Waals surface area contributed by atoms with E-state index in [0.29, 0.717) is 12.0 Å². The van der Waals surface area contributed by atoms with Gasteiger partial charge in [-0.1, -0.05) is 13.8 Å². The summed E-state index contributed by atoms with van der Waals surface area (Å²) in [5, 5.41) is 3.43. The Hall–Kier alpha value is -1.23. The van der Waals surface area contributed by atoms with E-state index in [1.165, 1.54) is 0 Å². The Labute approximate surface area is 113 Å². The van der Waals surface area contributed by atoms with E-state index >= 15 is 0 Å².